The number of nitrogen functional groups attached to an aromatic ring is 1. The molecule has 18 heavy (non-hydrogen) atoms. The van der Waals surface area contributed by atoms with E-state index in [-0.39, 0.29) is 0 Å². The van der Waals surface area contributed by atoms with Gasteiger partial charge in [-0.1, -0.05) is 15.9 Å². The van der Waals surface area contributed by atoms with Crippen LogP contribution in [-0.4, -0.2) is 12.1 Å². The lowest BCUT2D eigenvalue weighted by Gasteiger charge is -2.09. The Kier molecular flexibility index (Phi) is 3.72. The molecule has 1 heterocycles. The molecular weight excluding hydrogens is 296 g/mol. The summed E-state index contributed by atoms with van der Waals surface area (Å²) < 4.78 is 11.7. The van der Waals surface area contributed by atoms with Gasteiger partial charge in [-0.3, -0.25) is 0 Å². The van der Waals surface area contributed by atoms with Crippen molar-refractivity contribution in [1.29, 1.82) is 0 Å². The van der Waals surface area contributed by atoms with Crippen molar-refractivity contribution < 1.29 is 9.47 Å². The number of halogens is 1. The SMILES string of the molecule is COc1ccc(N)c(Oc2ccc(Br)c(C)c2)n1. The monoisotopic (exact) mass is 308 g/mol. The molecule has 2 rings (SSSR count). The van der Waals surface area contributed by atoms with Gasteiger partial charge in [0.2, 0.25) is 11.8 Å². The van der Waals surface area contributed by atoms with Gasteiger partial charge in [0.05, 0.1) is 12.8 Å². The van der Waals surface area contributed by atoms with E-state index in [1.54, 1.807) is 19.2 Å². The Balaban J connectivity index is 2.30. The largest absolute Gasteiger partial charge is 0.481 e. The van der Waals surface area contributed by atoms with E-state index in [1.165, 1.54) is 0 Å². The van der Waals surface area contributed by atoms with E-state index in [9.17, 15) is 0 Å². The molecule has 0 aliphatic carbocycles. The maximum atomic E-state index is 5.81. The Morgan fingerprint density at radius 3 is 2.67 bits per heavy atom. The number of nitrogens with zero attached hydrogens (tertiary/aromatic N) is 1. The van der Waals surface area contributed by atoms with Crippen LogP contribution in [0, 0.1) is 6.92 Å². The van der Waals surface area contributed by atoms with E-state index in [0.29, 0.717) is 23.2 Å². The molecule has 0 atom stereocenters. The molecule has 5 heteroatoms. The summed E-state index contributed by atoms with van der Waals surface area (Å²) in [6.45, 7) is 1.99. The van der Waals surface area contributed by atoms with Crippen molar-refractivity contribution in [3.63, 3.8) is 0 Å². The molecule has 0 aliphatic heterocycles. The number of aromatic nitrogens is 1. The number of methoxy groups -OCH3 is 1. The van der Waals surface area contributed by atoms with Crippen LogP contribution in [0.1, 0.15) is 5.56 Å². The standard InChI is InChI=1S/C13H13BrN2O2/c1-8-7-9(3-4-10(8)14)18-13-11(15)5-6-12(16-13)17-2/h3-7H,15H2,1-2H3. The summed E-state index contributed by atoms with van der Waals surface area (Å²) in [5, 5.41) is 0. The molecule has 0 saturated heterocycles. The lowest BCUT2D eigenvalue weighted by Crippen LogP contribution is -1.97. The second kappa shape index (κ2) is 5.27. The van der Waals surface area contributed by atoms with Crippen LogP contribution in [0.3, 0.4) is 0 Å². The number of hydrogen-bond acceptors (Lipinski definition) is 4. The van der Waals surface area contributed by atoms with Gasteiger partial charge in [0.25, 0.3) is 0 Å². The quantitative estimate of drug-likeness (QED) is 0.942. The molecule has 2 N–H and O–H groups in total. The minimum Gasteiger partial charge on any atom is -0.481 e. The topological polar surface area (TPSA) is 57.4 Å². The number of hydrogen-bond donors (Lipinski definition) is 1. The minimum atomic E-state index is 0.344. The molecule has 0 unspecified atom stereocenters. The van der Waals surface area contributed by atoms with Crippen LogP contribution >= 0.6 is 15.9 Å². The highest BCUT2D eigenvalue weighted by Gasteiger charge is 2.07. The van der Waals surface area contributed by atoms with Crippen LogP contribution in [0.5, 0.6) is 17.5 Å². The van der Waals surface area contributed by atoms with E-state index in [4.69, 9.17) is 15.2 Å². The fourth-order valence-electron chi connectivity index (χ4n) is 1.42. The zero-order valence-corrected chi connectivity index (χ0v) is 11.7. The molecule has 0 spiro atoms. The molecule has 2 aromatic rings. The number of ether oxygens (including phenoxy) is 2. The summed E-state index contributed by atoms with van der Waals surface area (Å²) in [6, 6.07) is 9.06. The third-order valence-corrected chi connectivity index (χ3v) is 3.31. The van der Waals surface area contributed by atoms with E-state index < -0.39 is 0 Å². The van der Waals surface area contributed by atoms with Crippen LogP contribution in [0.25, 0.3) is 0 Å². The van der Waals surface area contributed by atoms with Crippen molar-refractivity contribution in [2.24, 2.45) is 0 Å². The molecule has 0 bridgehead atoms. The van der Waals surface area contributed by atoms with Crippen molar-refractivity contribution in [1.82, 2.24) is 4.98 Å². The lowest BCUT2D eigenvalue weighted by molar-refractivity contribution is 0.384. The number of pyridine rings is 1. The van der Waals surface area contributed by atoms with Crippen molar-refractivity contribution >= 4 is 21.6 Å². The highest BCUT2D eigenvalue weighted by Crippen LogP contribution is 2.29. The van der Waals surface area contributed by atoms with Gasteiger partial charge in [-0.05, 0) is 36.8 Å². The van der Waals surface area contributed by atoms with Crippen LogP contribution in [0.15, 0.2) is 34.8 Å². The van der Waals surface area contributed by atoms with Crippen molar-refractivity contribution in [3.8, 4) is 17.5 Å². The fraction of sp³-hybridized carbons (Fsp3) is 0.154. The maximum Gasteiger partial charge on any atom is 0.246 e. The van der Waals surface area contributed by atoms with Gasteiger partial charge in [0.15, 0.2) is 0 Å². The minimum absolute atomic E-state index is 0.344. The Morgan fingerprint density at radius 1 is 1.22 bits per heavy atom. The molecule has 0 amide bonds. The Hall–Kier alpha value is -1.75. The Labute approximate surface area is 114 Å². The van der Waals surface area contributed by atoms with Crippen LogP contribution < -0.4 is 15.2 Å². The van der Waals surface area contributed by atoms with Crippen LogP contribution in [0.2, 0.25) is 0 Å². The molecule has 0 saturated carbocycles. The molecular formula is C13H13BrN2O2. The zero-order valence-electron chi connectivity index (χ0n) is 10.1. The predicted octanol–water partition coefficient (Wildman–Crippen LogP) is 3.54. The van der Waals surface area contributed by atoms with Gasteiger partial charge in [0, 0.05) is 10.5 Å². The van der Waals surface area contributed by atoms with E-state index >= 15 is 0 Å². The predicted molar refractivity (Wildman–Crippen MR) is 74.2 cm³/mol. The summed E-state index contributed by atoms with van der Waals surface area (Å²) in [6.07, 6.45) is 0. The van der Waals surface area contributed by atoms with E-state index in [2.05, 4.69) is 20.9 Å². The summed E-state index contributed by atoms with van der Waals surface area (Å²) in [7, 11) is 1.55. The second-order valence-electron chi connectivity index (χ2n) is 3.76. The molecule has 94 valence electrons. The first-order valence-electron chi connectivity index (χ1n) is 5.34. The van der Waals surface area contributed by atoms with Gasteiger partial charge < -0.3 is 15.2 Å². The average Bonchev–Trinajstić information content (AvgIpc) is 2.36. The molecule has 0 radical (unpaired) electrons. The first-order chi connectivity index (χ1) is 8.60. The van der Waals surface area contributed by atoms with Crippen molar-refractivity contribution in [2.45, 2.75) is 6.92 Å². The first kappa shape index (κ1) is 12.7. The molecule has 0 fully saturated rings. The first-order valence-corrected chi connectivity index (χ1v) is 6.14. The normalized spacial score (nSPS) is 10.2. The molecule has 1 aromatic carbocycles. The van der Waals surface area contributed by atoms with Crippen LogP contribution in [0.4, 0.5) is 5.69 Å². The number of nitrogens with two attached hydrogens (primary N) is 1. The van der Waals surface area contributed by atoms with Crippen molar-refractivity contribution in [2.75, 3.05) is 12.8 Å². The number of benzene rings is 1. The van der Waals surface area contributed by atoms with Gasteiger partial charge in [-0.15, -0.1) is 0 Å². The Bertz CT molecular complexity index is 573. The summed E-state index contributed by atoms with van der Waals surface area (Å²) >= 11 is 3.44. The van der Waals surface area contributed by atoms with Crippen molar-refractivity contribution in [3.05, 3.63) is 40.4 Å². The van der Waals surface area contributed by atoms with Crippen LogP contribution in [-0.2, 0) is 0 Å². The number of anilines is 1. The van der Waals surface area contributed by atoms with Gasteiger partial charge in [-0.25, -0.2) is 0 Å². The number of rotatable bonds is 3. The fourth-order valence-corrected chi connectivity index (χ4v) is 1.67. The molecule has 4 nitrogen and oxygen atoms in total. The zero-order chi connectivity index (χ0) is 13.1. The summed E-state index contributed by atoms with van der Waals surface area (Å²) in [4.78, 5) is 4.16. The smallest absolute Gasteiger partial charge is 0.246 e. The third-order valence-electron chi connectivity index (χ3n) is 2.42. The molecule has 0 aliphatic rings. The molecule has 1 aromatic heterocycles. The lowest BCUT2D eigenvalue weighted by atomic mass is 10.2. The second-order valence-corrected chi connectivity index (χ2v) is 4.62. The van der Waals surface area contributed by atoms with E-state index in [1.807, 2.05) is 25.1 Å². The van der Waals surface area contributed by atoms with Gasteiger partial charge in [-0.2, -0.15) is 4.98 Å². The van der Waals surface area contributed by atoms with Gasteiger partial charge >= 0.3 is 0 Å². The highest BCUT2D eigenvalue weighted by molar-refractivity contribution is 9.10. The van der Waals surface area contributed by atoms with E-state index in [0.717, 1.165) is 10.0 Å². The summed E-state index contributed by atoms with van der Waals surface area (Å²) in [5.41, 5.74) is 7.35. The Morgan fingerprint density at radius 2 is 2.00 bits per heavy atom. The third kappa shape index (κ3) is 2.73. The highest BCUT2D eigenvalue weighted by atomic mass is 79.9. The van der Waals surface area contributed by atoms with Gasteiger partial charge in [0.1, 0.15) is 5.75 Å². The average molecular weight is 309 g/mol. The maximum absolute atomic E-state index is 5.81. The number of aryl methyl sites for hydroxylation is 1. The summed E-state index contributed by atoms with van der Waals surface area (Å²) in [5.74, 6) is 1.49.